The van der Waals surface area contributed by atoms with E-state index in [0.717, 1.165) is 6.08 Å². The Balaban J connectivity index is 1.84. The highest BCUT2D eigenvalue weighted by atomic mass is 19.1. The van der Waals surface area contributed by atoms with Crippen molar-refractivity contribution >= 4 is 17.5 Å². The predicted octanol–water partition coefficient (Wildman–Crippen LogP) is 2.56. The molecule has 0 saturated heterocycles. The summed E-state index contributed by atoms with van der Waals surface area (Å²) in [5.41, 5.74) is -6.64. The van der Waals surface area contributed by atoms with Gasteiger partial charge in [0.05, 0.1) is 6.10 Å². The van der Waals surface area contributed by atoms with Crippen LogP contribution in [0.1, 0.15) is 52.9 Å². The molecule has 0 amide bonds. The van der Waals surface area contributed by atoms with Crippen LogP contribution in [0.15, 0.2) is 23.8 Å². The van der Waals surface area contributed by atoms with Crippen molar-refractivity contribution < 1.29 is 38.1 Å². The second kappa shape index (κ2) is 7.29. The van der Waals surface area contributed by atoms with Crippen LogP contribution in [0.2, 0.25) is 0 Å². The Morgan fingerprint density at radius 1 is 1.28 bits per heavy atom. The van der Waals surface area contributed by atoms with Crippen molar-refractivity contribution in [2.24, 2.45) is 22.7 Å². The molecular formula is C24H30F2O6. The van der Waals surface area contributed by atoms with E-state index >= 15 is 8.78 Å². The lowest BCUT2D eigenvalue weighted by Crippen LogP contribution is -2.70. The van der Waals surface area contributed by atoms with E-state index in [0.29, 0.717) is 0 Å². The molecule has 176 valence electrons. The van der Waals surface area contributed by atoms with Gasteiger partial charge in [0, 0.05) is 23.2 Å². The number of hydrogen-bond acceptors (Lipinski definition) is 6. The summed E-state index contributed by atoms with van der Waals surface area (Å²) in [6.45, 7) is 3.90. The lowest BCUT2D eigenvalue weighted by molar-refractivity contribution is -0.229. The zero-order chi connectivity index (χ0) is 23.7. The summed E-state index contributed by atoms with van der Waals surface area (Å²) in [6, 6.07) is 0. The van der Waals surface area contributed by atoms with Gasteiger partial charge in [0.15, 0.2) is 17.1 Å². The summed E-state index contributed by atoms with van der Waals surface area (Å²) in [5, 5.41) is 20.9. The van der Waals surface area contributed by atoms with Crippen LogP contribution >= 0.6 is 0 Å². The van der Waals surface area contributed by atoms with Crippen LogP contribution in [0.3, 0.4) is 0 Å². The molecule has 0 spiro atoms. The molecule has 6 nitrogen and oxygen atoms in total. The minimum absolute atomic E-state index is 0.0117. The fraction of sp³-hybridized carbons (Fsp3) is 0.708. The Bertz CT molecular complexity index is 929. The van der Waals surface area contributed by atoms with Crippen molar-refractivity contribution in [3.63, 3.8) is 0 Å². The van der Waals surface area contributed by atoms with Crippen molar-refractivity contribution in [1.82, 2.24) is 0 Å². The zero-order valence-corrected chi connectivity index (χ0v) is 18.6. The second-order valence-electron chi connectivity index (χ2n) is 10.1. The van der Waals surface area contributed by atoms with Crippen LogP contribution in [-0.2, 0) is 19.1 Å². The number of ketones is 2. The van der Waals surface area contributed by atoms with Gasteiger partial charge in [0.25, 0.3) is 0 Å². The third-order valence-electron chi connectivity index (χ3n) is 8.92. The number of fused-ring (bicyclic) bond motifs is 5. The smallest absolute Gasteiger partial charge is 0.306 e. The van der Waals surface area contributed by atoms with Crippen molar-refractivity contribution in [3.05, 3.63) is 23.8 Å². The molecule has 4 rings (SSSR count). The maximum Gasteiger partial charge on any atom is 0.306 e. The van der Waals surface area contributed by atoms with Gasteiger partial charge >= 0.3 is 5.97 Å². The lowest BCUT2D eigenvalue weighted by Gasteiger charge is -2.63. The number of allylic oxidation sites excluding steroid dienone is 4. The summed E-state index contributed by atoms with van der Waals surface area (Å²) in [6.07, 6.45) is 0.422. The Morgan fingerprint density at radius 2 is 1.97 bits per heavy atom. The first-order chi connectivity index (χ1) is 14.9. The topological polar surface area (TPSA) is 101 Å². The Kier molecular flexibility index (Phi) is 5.29. The number of halogens is 2. The fourth-order valence-corrected chi connectivity index (χ4v) is 7.27. The van der Waals surface area contributed by atoms with Gasteiger partial charge in [-0.2, -0.15) is 0 Å². The molecule has 4 aliphatic rings. The number of carbonyl (C=O) groups excluding carboxylic acids is 3. The summed E-state index contributed by atoms with van der Waals surface area (Å²) in [4.78, 5) is 37.1. The molecule has 32 heavy (non-hydrogen) atoms. The molecule has 0 aromatic heterocycles. The average molecular weight is 452 g/mol. The van der Waals surface area contributed by atoms with Gasteiger partial charge in [-0.15, -0.1) is 0 Å². The molecule has 0 aromatic rings. The van der Waals surface area contributed by atoms with Crippen molar-refractivity contribution in [3.8, 4) is 0 Å². The van der Waals surface area contributed by atoms with E-state index in [2.05, 4.69) is 0 Å². The summed E-state index contributed by atoms with van der Waals surface area (Å²) < 4.78 is 38.1. The van der Waals surface area contributed by atoms with Crippen LogP contribution in [-0.4, -0.2) is 57.9 Å². The highest BCUT2D eigenvalue weighted by Gasteiger charge is 2.76. The number of aliphatic hydroxyl groups is 2. The molecule has 3 fully saturated rings. The normalized spacial score (nSPS) is 47.2. The van der Waals surface area contributed by atoms with E-state index in [1.54, 1.807) is 13.8 Å². The Hall–Kier alpha value is -1.93. The van der Waals surface area contributed by atoms with E-state index in [4.69, 9.17) is 4.74 Å². The van der Waals surface area contributed by atoms with Crippen LogP contribution in [0, 0.1) is 22.7 Å². The summed E-state index contributed by atoms with van der Waals surface area (Å²) in [5.74, 6) is -3.28. The highest BCUT2D eigenvalue weighted by Crippen LogP contribution is 2.70. The van der Waals surface area contributed by atoms with E-state index in [9.17, 15) is 24.6 Å². The maximum absolute atomic E-state index is 17.0. The van der Waals surface area contributed by atoms with Gasteiger partial charge in [-0.05, 0) is 56.3 Å². The van der Waals surface area contributed by atoms with Gasteiger partial charge < -0.3 is 14.9 Å². The summed E-state index contributed by atoms with van der Waals surface area (Å²) in [7, 11) is 0. The largest absolute Gasteiger partial charge is 0.450 e. The number of ether oxygens (including phenoxy) is 1. The van der Waals surface area contributed by atoms with Gasteiger partial charge in [0.1, 0.15) is 12.8 Å². The van der Waals surface area contributed by atoms with Gasteiger partial charge in [-0.25, -0.2) is 8.78 Å². The molecule has 0 heterocycles. The first-order valence-electron chi connectivity index (χ1n) is 11.2. The van der Waals surface area contributed by atoms with Crippen LogP contribution in [0.25, 0.3) is 0 Å². The van der Waals surface area contributed by atoms with Crippen LogP contribution in [0.5, 0.6) is 0 Å². The number of esters is 1. The summed E-state index contributed by atoms with van der Waals surface area (Å²) >= 11 is 0. The van der Waals surface area contributed by atoms with Gasteiger partial charge in [-0.3, -0.25) is 14.4 Å². The molecule has 0 aromatic carbocycles. The number of hydrogen-bond donors (Lipinski definition) is 2. The molecule has 0 bridgehead atoms. The first kappa shape index (κ1) is 23.2. The fourth-order valence-electron chi connectivity index (χ4n) is 7.27. The minimum Gasteiger partial charge on any atom is -0.450 e. The Labute approximate surface area is 185 Å². The van der Waals surface area contributed by atoms with E-state index in [1.165, 1.54) is 19.1 Å². The standard InChI is InChI=1S/C24H30F2O6/c1-4-20(31)32-23(19(30)12-27)8-6-14-15-10-17(25)16-9-13(28)5-7-21(16,2)24(15,26)18(29)11-22(14,23)3/h5,7,9,14-15,17-18,27,29H,4,6,8,10-12H2,1-3H3/t14?,15?,17-,18?,21?,22?,23-,24-/m0/s1. The average Bonchev–Trinajstić information content (AvgIpc) is 3.03. The first-order valence-corrected chi connectivity index (χ1v) is 11.2. The number of aliphatic hydroxyl groups excluding tert-OH is 2. The van der Waals surface area contributed by atoms with E-state index < -0.39 is 70.4 Å². The Morgan fingerprint density at radius 3 is 2.59 bits per heavy atom. The van der Waals surface area contributed by atoms with Gasteiger partial charge in [0.2, 0.25) is 5.78 Å². The van der Waals surface area contributed by atoms with Crippen molar-refractivity contribution in [1.29, 1.82) is 0 Å². The highest BCUT2D eigenvalue weighted by molar-refractivity contribution is 6.01. The molecule has 3 saturated carbocycles. The number of Topliss-reactive ketones (excluding diaryl/α,β-unsaturated/α-hetero) is 1. The molecule has 2 N–H and O–H groups in total. The molecule has 0 radical (unpaired) electrons. The van der Waals surface area contributed by atoms with Crippen molar-refractivity contribution in [2.75, 3.05) is 6.61 Å². The number of rotatable bonds is 4. The molecular weight excluding hydrogens is 422 g/mol. The number of alkyl halides is 2. The monoisotopic (exact) mass is 452 g/mol. The SMILES string of the molecule is CCC(=O)O[C@]1(C(=O)CO)CCC2C3C[C@H](F)C4=CC(=O)C=CC4(C)[C@@]3(F)C(O)CC21C. The van der Waals surface area contributed by atoms with Crippen LogP contribution in [0.4, 0.5) is 8.78 Å². The zero-order valence-electron chi connectivity index (χ0n) is 18.6. The maximum atomic E-state index is 17.0. The second-order valence-corrected chi connectivity index (χ2v) is 10.1. The molecule has 5 unspecified atom stereocenters. The molecule has 4 aliphatic carbocycles. The minimum atomic E-state index is -2.27. The number of carbonyl (C=O) groups is 3. The molecule has 8 atom stereocenters. The predicted molar refractivity (Wildman–Crippen MR) is 110 cm³/mol. The van der Waals surface area contributed by atoms with Crippen molar-refractivity contribution in [2.45, 2.75) is 76.4 Å². The van der Waals surface area contributed by atoms with Gasteiger partial charge in [-0.1, -0.05) is 19.9 Å². The van der Waals surface area contributed by atoms with Crippen LogP contribution < -0.4 is 0 Å². The third-order valence-corrected chi connectivity index (χ3v) is 8.92. The van der Waals surface area contributed by atoms with E-state index in [1.807, 2.05) is 0 Å². The molecule has 8 heteroatoms. The quantitative estimate of drug-likeness (QED) is 0.636. The molecule has 0 aliphatic heterocycles. The lowest BCUT2D eigenvalue weighted by atomic mass is 9.44. The van der Waals surface area contributed by atoms with E-state index in [-0.39, 0.29) is 37.7 Å². The third kappa shape index (κ3) is 2.65.